The number of benzene rings is 2. The Balaban J connectivity index is 1.84. The summed E-state index contributed by atoms with van der Waals surface area (Å²) >= 11 is 12.7. The minimum absolute atomic E-state index is 0.0453. The van der Waals surface area contributed by atoms with Crippen molar-refractivity contribution in [3.05, 3.63) is 92.2 Å². The van der Waals surface area contributed by atoms with Gasteiger partial charge in [0, 0.05) is 23.4 Å². The standard InChI is InChI=1S/C23H18Cl2N2O/c1-13-17(12-26)21(16-8-5-9-18(24)23(16)25)22-19(27-13)10-15(11-20(22)28)14-6-3-2-4-7-14/h2-9,15,21,27H,10-11H2,1H3/t15-,21+/m0/s1. The highest BCUT2D eigenvalue weighted by molar-refractivity contribution is 6.42. The number of halogens is 2. The zero-order valence-electron chi connectivity index (χ0n) is 15.3. The van der Waals surface area contributed by atoms with Crippen LogP contribution in [-0.2, 0) is 4.79 Å². The Morgan fingerprint density at radius 2 is 1.82 bits per heavy atom. The molecule has 0 amide bonds. The first kappa shape index (κ1) is 18.8. The number of carbonyl (C=O) groups excluding carboxylic acids is 1. The van der Waals surface area contributed by atoms with Crippen molar-refractivity contribution in [3.63, 3.8) is 0 Å². The Kier molecular flexibility index (Phi) is 5.02. The number of Topliss-reactive ketones (excluding diaryl/α,β-unsaturated/α-hetero) is 1. The molecule has 2 aliphatic rings. The van der Waals surface area contributed by atoms with Crippen LogP contribution in [0, 0.1) is 11.3 Å². The Labute approximate surface area is 174 Å². The summed E-state index contributed by atoms with van der Waals surface area (Å²) < 4.78 is 0. The number of nitrogens with one attached hydrogen (secondary N) is 1. The van der Waals surface area contributed by atoms with Crippen molar-refractivity contribution in [2.75, 3.05) is 0 Å². The monoisotopic (exact) mass is 408 g/mol. The molecular formula is C23H18Cl2N2O. The third-order valence-electron chi connectivity index (χ3n) is 5.51. The van der Waals surface area contributed by atoms with Crippen molar-refractivity contribution < 1.29 is 4.79 Å². The van der Waals surface area contributed by atoms with Gasteiger partial charge in [-0.3, -0.25) is 4.79 Å². The molecule has 1 aliphatic carbocycles. The molecule has 0 saturated heterocycles. The van der Waals surface area contributed by atoms with Crippen molar-refractivity contribution >= 4 is 29.0 Å². The summed E-state index contributed by atoms with van der Waals surface area (Å²) in [4.78, 5) is 13.3. The largest absolute Gasteiger partial charge is 0.361 e. The van der Waals surface area contributed by atoms with E-state index in [0.29, 0.717) is 33.2 Å². The number of carbonyl (C=O) groups is 1. The van der Waals surface area contributed by atoms with Crippen LogP contribution < -0.4 is 5.32 Å². The molecule has 2 atom stereocenters. The van der Waals surface area contributed by atoms with Crippen molar-refractivity contribution in [2.45, 2.75) is 31.6 Å². The highest BCUT2D eigenvalue weighted by Crippen LogP contribution is 2.47. The van der Waals surface area contributed by atoms with Gasteiger partial charge in [-0.15, -0.1) is 0 Å². The molecule has 0 aromatic heterocycles. The molecule has 1 heterocycles. The molecule has 0 unspecified atom stereocenters. The summed E-state index contributed by atoms with van der Waals surface area (Å²) in [5.74, 6) is -0.326. The van der Waals surface area contributed by atoms with Gasteiger partial charge in [0.1, 0.15) is 0 Å². The van der Waals surface area contributed by atoms with Gasteiger partial charge in [-0.05, 0) is 36.5 Å². The average Bonchev–Trinajstić information content (AvgIpc) is 2.69. The SMILES string of the molecule is CC1=C(C#N)[C@@H](c2cccc(Cl)c2Cl)C2=C(C[C@H](c3ccccc3)CC2=O)N1. The number of nitriles is 1. The Bertz CT molecular complexity index is 1060. The fourth-order valence-electron chi connectivity index (χ4n) is 4.20. The fourth-order valence-corrected chi connectivity index (χ4v) is 4.62. The topological polar surface area (TPSA) is 52.9 Å². The zero-order valence-corrected chi connectivity index (χ0v) is 16.8. The number of rotatable bonds is 2. The minimum Gasteiger partial charge on any atom is -0.361 e. The maximum Gasteiger partial charge on any atom is 0.162 e. The molecule has 2 aromatic rings. The second kappa shape index (κ2) is 7.47. The van der Waals surface area contributed by atoms with E-state index in [1.54, 1.807) is 12.1 Å². The molecule has 140 valence electrons. The molecule has 28 heavy (non-hydrogen) atoms. The second-order valence-electron chi connectivity index (χ2n) is 7.18. The lowest BCUT2D eigenvalue weighted by Gasteiger charge is -2.36. The van der Waals surface area contributed by atoms with E-state index in [-0.39, 0.29) is 11.7 Å². The van der Waals surface area contributed by atoms with Gasteiger partial charge < -0.3 is 5.32 Å². The summed E-state index contributed by atoms with van der Waals surface area (Å²) in [6, 6.07) is 17.7. The van der Waals surface area contributed by atoms with Crippen LogP contribution in [0.4, 0.5) is 0 Å². The van der Waals surface area contributed by atoms with E-state index in [1.807, 2.05) is 31.2 Å². The van der Waals surface area contributed by atoms with Gasteiger partial charge >= 0.3 is 0 Å². The lowest BCUT2D eigenvalue weighted by molar-refractivity contribution is -0.116. The first-order valence-electron chi connectivity index (χ1n) is 9.14. The Morgan fingerprint density at radius 3 is 2.54 bits per heavy atom. The first-order chi connectivity index (χ1) is 13.5. The van der Waals surface area contributed by atoms with Gasteiger partial charge in [0.15, 0.2) is 5.78 Å². The van der Waals surface area contributed by atoms with E-state index in [2.05, 4.69) is 23.5 Å². The van der Waals surface area contributed by atoms with Crippen molar-refractivity contribution in [1.29, 1.82) is 5.26 Å². The highest BCUT2D eigenvalue weighted by atomic mass is 35.5. The highest BCUT2D eigenvalue weighted by Gasteiger charge is 2.39. The number of dihydropyridines is 1. The molecule has 0 saturated carbocycles. The first-order valence-corrected chi connectivity index (χ1v) is 9.89. The van der Waals surface area contributed by atoms with Gasteiger partial charge in [-0.25, -0.2) is 0 Å². The van der Waals surface area contributed by atoms with E-state index < -0.39 is 5.92 Å². The van der Waals surface area contributed by atoms with Crippen molar-refractivity contribution in [3.8, 4) is 6.07 Å². The normalized spacial score (nSPS) is 21.9. The van der Waals surface area contributed by atoms with Crippen LogP contribution in [-0.4, -0.2) is 5.78 Å². The van der Waals surface area contributed by atoms with E-state index in [0.717, 1.165) is 23.4 Å². The molecule has 4 rings (SSSR count). The lowest BCUT2D eigenvalue weighted by atomic mass is 9.72. The third kappa shape index (κ3) is 3.13. The molecule has 2 aromatic carbocycles. The average molecular weight is 409 g/mol. The molecule has 0 spiro atoms. The predicted octanol–water partition coefficient (Wildman–Crippen LogP) is 5.88. The lowest BCUT2D eigenvalue weighted by Crippen LogP contribution is -2.33. The summed E-state index contributed by atoms with van der Waals surface area (Å²) in [7, 11) is 0. The van der Waals surface area contributed by atoms with Crippen LogP contribution in [0.5, 0.6) is 0 Å². The van der Waals surface area contributed by atoms with Gasteiger partial charge in [-0.1, -0.05) is 65.7 Å². The van der Waals surface area contributed by atoms with E-state index in [4.69, 9.17) is 23.2 Å². The number of nitrogens with zero attached hydrogens (tertiary/aromatic N) is 1. The molecule has 3 nitrogen and oxygen atoms in total. The van der Waals surface area contributed by atoms with Crippen LogP contribution in [0.15, 0.2) is 71.1 Å². The van der Waals surface area contributed by atoms with Crippen LogP contribution >= 0.6 is 23.2 Å². The Morgan fingerprint density at radius 1 is 1.07 bits per heavy atom. The maximum atomic E-state index is 13.3. The van der Waals surface area contributed by atoms with Crippen molar-refractivity contribution in [1.82, 2.24) is 5.32 Å². The second-order valence-corrected chi connectivity index (χ2v) is 7.97. The van der Waals surface area contributed by atoms with Gasteiger partial charge in [-0.2, -0.15) is 5.26 Å². The molecule has 0 bridgehead atoms. The maximum absolute atomic E-state index is 13.3. The van der Waals surface area contributed by atoms with Crippen LogP contribution in [0.25, 0.3) is 0 Å². The van der Waals surface area contributed by atoms with E-state index in [1.165, 1.54) is 0 Å². The molecule has 0 radical (unpaired) electrons. The van der Waals surface area contributed by atoms with Gasteiger partial charge in [0.05, 0.1) is 27.6 Å². The fraction of sp³-hybridized carbons (Fsp3) is 0.217. The zero-order chi connectivity index (χ0) is 19.8. The number of allylic oxidation sites excluding steroid dienone is 4. The van der Waals surface area contributed by atoms with Crippen molar-refractivity contribution in [2.24, 2.45) is 0 Å². The number of ketones is 1. The van der Waals surface area contributed by atoms with Crippen LogP contribution in [0.1, 0.15) is 42.7 Å². The van der Waals surface area contributed by atoms with Gasteiger partial charge in [0.2, 0.25) is 0 Å². The minimum atomic E-state index is -0.489. The van der Waals surface area contributed by atoms with Gasteiger partial charge in [0.25, 0.3) is 0 Å². The summed E-state index contributed by atoms with van der Waals surface area (Å²) in [6.45, 7) is 1.87. The molecule has 1 aliphatic heterocycles. The Hall–Kier alpha value is -2.54. The summed E-state index contributed by atoms with van der Waals surface area (Å²) in [5.41, 5.74) is 4.62. The van der Waals surface area contributed by atoms with Crippen LogP contribution in [0.2, 0.25) is 10.0 Å². The molecular weight excluding hydrogens is 391 g/mol. The quantitative estimate of drug-likeness (QED) is 0.674. The third-order valence-corrected chi connectivity index (χ3v) is 6.35. The predicted molar refractivity (Wildman–Crippen MR) is 111 cm³/mol. The van der Waals surface area contributed by atoms with E-state index >= 15 is 0 Å². The van der Waals surface area contributed by atoms with Crippen LogP contribution in [0.3, 0.4) is 0 Å². The summed E-state index contributed by atoms with van der Waals surface area (Å²) in [5, 5.41) is 13.9. The number of hydrogen-bond acceptors (Lipinski definition) is 3. The van der Waals surface area contributed by atoms with E-state index in [9.17, 15) is 10.1 Å². The number of hydrogen-bond donors (Lipinski definition) is 1. The summed E-state index contributed by atoms with van der Waals surface area (Å²) in [6.07, 6.45) is 1.13. The molecule has 0 fully saturated rings. The molecule has 5 heteroatoms. The molecule has 1 N–H and O–H groups in total. The smallest absolute Gasteiger partial charge is 0.162 e.